The van der Waals surface area contributed by atoms with Gasteiger partial charge in [0.25, 0.3) is 0 Å². The minimum absolute atomic E-state index is 0. The summed E-state index contributed by atoms with van der Waals surface area (Å²) in [5.41, 5.74) is 3.71. The topological polar surface area (TPSA) is 54.9 Å². The minimum atomic E-state index is 0. The van der Waals surface area contributed by atoms with Crippen LogP contribution in [0.25, 0.3) is 0 Å². The zero-order chi connectivity index (χ0) is 18.4. The first-order valence-corrected chi connectivity index (χ1v) is 9.02. The molecule has 0 fully saturated rings. The van der Waals surface area contributed by atoms with Crippen molar-refractivity contribution in [2.45, 2.75) is 25.9 Å². The van der Waals surface area contributed by atoms with Gasteiger partial charge in [0.1, 0.15) is 17.6 Å². The lowest BCUT2D eigenvalue weighted by molar-refractivity contribution is 0.235. The monoisotopic (exact) mass is 481 g/mol. The van der Waals surface area contributed by atoms with Crippen LogP contribution in [0.1, 0.15) is 16.7 Å². The van der Waals surface area contributed by atoms with Crippen LogP contribution in [-0.4, -0.2) is 39.3 Å². The maximum Gasteiger partial charge on any atom is 0.191 e. The molecule has 0 bridgehead atoms. The van der Waals surface area contributed by atoms with Gasteiger partial charge in [-0.05, 0) is 36.6 Å². The van der Waals surface area contributed by atoms with E-state index in [1.165, 1.54) is 16.7 Å². The Morgan fingerprint density at radius 2 is 2.04 bits per heavy atom. The maximum atomic E-state index is 5.96. The van der Waals surface area contributed by atoms with Crippen LogP contribution in [0.2, 0.25) is 0 Å². The van der Waals surface area contributed by atoms with Crippen LogP contribution in [0.5, 0.6) is 11.5 Å². The normalized spacial score (nSPS) is 15.4. The summed E-state index contributed by atoms with van der Waals surface area (Å²) in [6.45, 7) is 3.60. The second kappa shape index (κ2) is 10.4. The molecule has 3 rings (SSSR count). The predicted molar refractivity (Wildman–Crippen MR) is 121 cm³/mol. The van der Waals surface area contributed by atoms with Gasteiger partial charge < -0.3 is 20.1 Å². The number of hydrogen-bond donors (Lipinski definition) is 2. The lowest BCUT2D eigenvalue weighted by Gasteiger charge is -2.16. The minimum Gasteiger partial charge on any atom is -0.496 e. The molecule has 0 saturated heterocycles. The number of fused-ring (bicyclic) bond motifs is 1. The van der Waals surface area contributed by atoms with Gasteiger partial charge in [-0.1, -0.05) is 35.9 Å². The molecule has 2 aromatic carbocycles. The number of guanidine groups is 1. The average Bonchev–Trinajstić information content (AvgIpc) is 3.07. The van der Waals surface area contributed by atoms with Crippen LogP contribution < -0.4 is 20.1 Å². The van der Waals surface area contributed by atoms with E-state index in [1.807, 2.05) is 18.2 Å². The van der Waals surface area contributed by atoms with Gasteiger partial charge in [-0.3, -0.25) is 4.99 Å². The number of rotatable bonds is 6. The van der Waals surface area contributed by atoms with Crippen LogP contribution in [-0.2, 0) is 12.8 Å². The van der Waals surface area contributed by atoms with E-state index < -0.39 is 0 Å². The van der Waals surface area contributed by atoms with Crippen molar-refractivity contribution >= 4 is 29.9 Å². The van der Waals surface area contributed by atoms with E-state index in [9.17, 15) is 0 Å². The third-order valence-electron chi connectivity index (χ3n) is 4.56. The molecular weight excluding hydrogens is 453 g/mol. The van der Waals surface area contributed by atoms with Crippen molar-refractivity contribution in [1.29, 1.82) is 0 Å². The molecule has 6 heteroatoms. The predicted octanol–water partition coefficient (Wildman–Crippen LogP) is 3.33. The standard InChI is InChI=1S/C21H27N3O2.HI/c1-15-8-9-19(25-3)17(12-15)10-11-23-21(22-2)24-14-18-13-16-6-4-5-7-20(16)26-18;/h4-9,12,18H,10-11,13-14H2,1-3H3,(H2,22,23,24);1H. The SMILES string of the molecule is CN=C(NCCc1cc(C)ccc1OC)NCC1Cc2ccccc2O1.I. The fourth-order valence-electron chi connectivity index (χ4n) is 3.22. The Hall–Kier alpha value is -1.96. The zero-order valence-electron chi connectivity index (χ0n) is 16.1. The van der Waals surface area contributed by atoms with Gasteiger partial charge in [-0.25, -0.2) is 0 Å². The molecule has 1 aliphatic heterocycles. The Balaban J connectivity index is 0.00000261. The van der Waals surface area contributed by atoms with Gasteiger partial charge in [0.05, 0.1) is 13.7 Å². The molecule has 0 spiro atoms. The largest absolute Gasteiger partial charge is 0.496 e. The molecule has 5 nitrogen and oxygen atoms in total. The average molecular weight is 481 g/mol. The molecule has 2 N–H and O–H groups in total. The summed E-state index contributed by atoms with van der Waals surface area (Å²) < 4.78 is 11.4. The second-order valence-corrected chi connectivity index (χ2v) is 6.50. The van der Waals surface area contributed by atoms with Gasteiger partial charge in [0.15, 0.2) is 5.96 Å². The van der Waals surface area contributed by atoms with E-state index >= 15 is 0 Å². The molecule has 1 unspecified atom stereocenters. The van der Waals surface area contributed by atoms with Crippen molar-refractivity contribution in [1.82, 2.24) is 10.6 Å². The highest BCUT2D eigenvalue weighted by atomic mass is 127. The quantitative estimate of drug-likeness (QED) is 0.378. The summed E-state index contributed by atoms with van der Waals surface area (Å²) in [4.78, 5) is 4.30. The number of methoxy groups -OCH3 is 1. The van der Waals surface area contributed by atoms with Crippen LogP contribution in [0.15, 0.2) is 47.5 Å². The number of aliphatic imine (C=N–C) groups is 1. The molecule has 0 radical (unpaired) electrons. The highest BCUT2D eigenvalue weighted by molar-refractivity contribution is 14.0. The third-order valence-corrected chi connectivity index (χ3v) is 4.56. The summed E-state index contributed by atoms with van der Waals surface area (Å²) in [6, 6.07) is 14.5. The molecule has 0 amide bonds. The van der Waals surface area contributed by atoms with E-state index in [2.05, 4.69) is 46.8 Å². The van der Waals surface area contributed by atoms with E-state index in [4.69, 9.17) is 9.47 Å². The van der Waals surface area contributed by atoms with Crippen molar-refractivity contribution in [2.75, 3.05) is 27.2 Å². The summed E-state index contributed by atoms with van der Waals surface area (Å²) in [5, 5.41) is 6.72. The Morgan fingerprint density at radius 3 is 2.78 bits per heavy atom. The van der Waals surface area contributed by atoms with Crippen LogP contribution in [0.4, 0.5) is 0 Å². The van der Waals surface area contributed by atoms with E-state index in [0.29, 0.717) is 0 Å². The molecule has 0 aliphatic carbocycles. The number of nitrogens with zero attached hydrogens (tertiary/aromatic N) is 1. The molecule has 146 valence electrons. The summed E-state index contributed by atoms with van der Waals surface area (Å²) in [7, 11) is 3.49. The van der Waals surface area contributed by atoms with Gasteiger partial charge in [0.2, 0.25) is 0 Å². The smallest absolute Gasteiger partial charge is 0.191 e. The first-order chi connectivity index (χ1) is 12.7. The number of para-hydroxylation sites is 1. The van der Waals surface area contributed by atoms with Crippen molar-refractivity contribution < 1.29 is 9.47 Å². The van der Waals surface area contributed by atoms with Crippen molar-refractivity contribution in [3.8, 4) is 11.5 Å². The summed E-state index contributed by atoms with van der Waals surface area (Å²) in [5.74, 6) is 2.71. The van der Waals surface area contributed by atoms with Gasteiger partial charge in [0, 0.05) is 20.0 Å². The van der Waals surface area contributed by atoms with Gasteiger partial charge in [-0.15, -0.1) is 24.0 Å². The highest BCUT2D eigenvalue weighted by Crippen LogP contribution is 2.27. The molecule has 0 saturated carbocycles. The number of benzene rings is 2. The van der Waals surface area contributed by atoms with Crippen LogP contribution in [0, 0.1) is 6.92 Å². The Kier molecular flexibility index (Phi) is 8.22. The Morgan fingerprint density at radius 1 is 1.22 bits per heavy atom. The maximum absolute atomic E-state index is 5.96. The molecule has 1 heterocycles. The molecule has 2 aromatic rings. The summed E-state index contributed by atoms with van der Waals surface area (Å²) >= 11 is 0. The lowest BCUT2D eigenvalue weighted by Crippen LogP contribution is -2.42. The fourth-order valence-corrected chi connectivity index (χ4v) is 3.22. The first kappa shape index (κ1) is 21.3. The second-order valence-electron chi connectivity index (χ2n) is 6.50. The lowest BCUT2D eigenvalue weighted by atomic mass is 10.1. The molecule has 1 aliphatic rings. The van der Waals surface area contributed by atoms with Gasteiger partial charge in [-0.2, -0.15) is 0 Å². The molecule has 1 atom stereocenters. The fraction of sp³-hybridized carbons (Fsp3) is 0.381. The van der Waals surface area contributed by atoms with Crippen molar-refractivity contribution in [3.63, 3.8) is 0 Å². The van der Waals surface area contributed by atoms with Crippen molar-refractivity contribution in [2.24, 2.45) is 4.99 Å². The van der Waals surface area contributed by atoms with Crippen molar-refractivity contribution in [3.05, 3.63) is 59.2 Å². The van der Waals surface area contributed by atoms with E-state index in [0.717, 1.165) is 43.4 Å². The molecular formula is C21H28IN3O2. The van der Waals surface area contributed by atoms with Gasteiger partial charge >= 0.3 is 0 Å². The number of halogens is 1. The number of hydrogen-bond acceptors (Lipinski definition) is 3. The van der Waals surface area contributed by atoms with Crippen LogP contribution in [0.3, 0.4) is 0 Å². The zero-order valence-corrected chi connectivity index (χ0v) is 18.4. The molecule has 27 heavy (non-hydrogen) atoms. The first-order valence-electron chi connectivity index (χ1n) is 9.02. The highest BCUT2D eigenvalue weighted by Gasteiger charge is 2.22. The van der Waals surface area contributed by atoms with E-state index in [1.54, 1.807) is 14.2 Å². The summed E-state index contributed by atoms with van der Waals surface area (Å²) in [6.07, 6.45) is 1.94. The third kappa shape index (κ3) is 5.76. The number of aryl methyl sites for hydroxylation is 1. The van der Waals surface area contributed by atoms with E-state index in [-0.39, 0.29) is 30.1 Å². The Bertz CT molecular complexity index is 755. The molecule has 0 aromatic heterocycles. The Labute approximate surface area is 178 Å². The van der Waals surface area contributed by atoms with Crippen LogP contribution >= 0.6 is 24.0 Å². The number of ether oxygens (including phenoxy) is 2. The number of nitrogens with one attached hydrogen (secondary N) is 2.